The van der Waals surface area contributed by atoms with Crippen LogP contribution in [0.15, 0.2) is 18.3 Å². The van der Waals surface area contributed by atoms with E-state index in [9.17, 15) is 4.79 Å². The Bertz CT molecular complexity index is 430. The quantitative estimate of drug-likeness (QED) is 0.868. The van der Waals surface area contributed by atoms with Gasteiger partial charge < -0.3 is 16.0 Å². The molecule has 2 atom stereocenters. The minimum absolute atomic E-state index is 0.0269. The molecule has 5 nitrogen and oxygen atoms in total. The lowest BCUT2D eigenvalue weighted by Crippen LogP contribution is -2.34. The van der Waals surface area contributed by atoms with Crippen LogP contribution in [0.2, 0.25) is 0 Å². The average Bonchev–Trinajstić information content (AvgIpc) is 2.39. The summed E-state index contributed by atoms with van der Waals surface area (Å²) in [6.07, 6.45) is 5.52. The number of nitrogens with two attached hydrogens (primary N) is 1. The Morgan fingerprint density at radius 1 is 1.42 bits per heavy atom. The fourth-order valence-electron chi connectivity index (χ4n) is 2.42. The van der Waals surface area contributed by atoms with E-state index in [0.29, 0.717) is 5.82 Å². The lowest BCUT2D eigenvalue weighted by Gasteiger charge is -2.25. The summed E-state index contributed by atoms with van der Waals surface area (Å²) in [5.41, 5.74) is 6.92. The topological polar surface area (TPSA) is 71.2 Å². The second-order valence-corrected chi connectivity index (χ2v) is 5.41. The van der Waals surface area contributed by atoms with E-state index >= 15 is 0 Å². The van der Waals surface area contributed by atoms with E-state index in [1.807, 2.05) is 31.1 Å². The predicted octanol–water partition coefficient (Wildman–Crippen LogP) is 1.60. The van der Waals surface area contributed by atoms with Gasteiger partial charge >= 0.3 is 0 Å². The summed E-state index contributed by atoms with van der Waals surface area (Å²) >= 11 is 0. The third kappa shape index (κ3) is 3.67. The van der Waals surface area contributed by atoms with Crippen molar-refractivity contribution in [2.75, 3.05) is 24.3 Å². The van der Waals surface area contributed by atoms with Crippen molar-refractivity contribution in [3.63, 3.8) is 0 Å². The van der Waals surface area contributed by atoms with Gasteiger partial charge in [0.2, 0.25) is 5.91 Å². The molecule has 1 amide bonds. The normalized spacial score (nSPS) is 22.9. The van der Waals surface area contributed by atoms with E-state index in [4.69, 9.17) is 5.73 Å². The molecule has 1 saturated carbocycles. The molecule has 1 aromatic heterocycles. The maximum absolute atomic E-state index is 12.1. The molecule has 104 valence electrons. The standard InChI is InChI=1S/C14H22N4O/c1-18(2)12-6-7-13(16-9-12)17-14(19)10-4-3-5-11(15)8-10/h6-7,9-11H,3-5,8,15H2,1-2H3,(H,16,17,19). The Kier molecular flexibility index (Phi) is 4.37. The lowest BCUT2D eigenvalue weighted by atomic mass is 9.85. The molecular formula is C14H22N4O. The third-order valence-corrected chi connectivity index (χ3v) is 3.60. The first-order chi connectivity index (χ1) is 9.06. The molecule has 19 heavy (non-hydrogen) atoms. The molecule has 2 rings (SSSR count). The number of aromatic nitrogens is 1. The minimum atomic E-state index is 0.0269. The van der Waals surface area contributed by atoms with Gasteiger partial charge in [0.25, 0.3) is 0 Å². The number of rotatable bonds is 3. The Labute approximate surface area is 114 Å². The number of carbonyl (C=O) groups is 1. The Morgan fingerprint density at radius 2 is 2.21 bits per heavy atom. The highest BCUT2D eigenvalue weighted by Crippen LogP contribution is 2.24. The van der Waals surface area contributed by atoms with Gasteiger partial charge in [-0.05, 0) is 31.4 Å². The van der Waals surface area contributed by atoms with Gasteiger partial charge in [0, 0.05) is 26.1 Å². The van der Waals surface area contributed by atoms with Gasteiger partial charge in [0.1, 0.15) is 5.82 Å². The molecule has 3 N–H and O–H groups in total. The van der Waals surface area contributed by atoms with Crippen LogP contribution < -0.4 is 16.0 Å². The monoisotopic (exact) mass is 262 g/mol. The number of nitrogens with zero attached hydrogens (tertiary/aromatic N) is 2. The fourth-order valence-corrected chi connectivity index (χ4v) is 2.42. The highest BCUT2D eigenvalue weighted by molar-refractivity contribution is 5.91. The summed E-state index contributed by atoms with van der Waals surface area (Å²) in [5, 5.41) is 2.87. The predicted molar refractivity (Wildman–Crippen MR) is 77.1 cm³/mol. The zero-order valence-electron chi connectivity index (χ0n) is 11.6. The lowest BCUT2D eigenvalue weighted by molar-refractivity contribution is -0.120. The molecule has 2 unspecified atom stereocenters. The Hall–Kier alpha value is -1.62. The van der Waals surface area contributed by atoms with Gasteiger partial charge in [-0.2, -0.15) is 0 Å². The van der Waals surface area contributed by atoms with E-state index in [1.165, 1.54) is 0 Å². The van der Waals surface area contributed by atoms with Gasteiger partial charge in [-0.15, -0.1) is 0 Å². The molecule has 0 bridgehead atoms. The number of anilines is 2. The Morgan fingerprint density at radius 3 is 2.79 bits per heavy atom. The molecule has 1 aromatic rings. The molecule has 1 aliphatic carbocycles. The third-order valence-electron chi connectivity index (χ3n) is 3.60. The van der Waals surface area contributed by atoms with Gasteiger partial charge in [-0.3, -0.25) is 4.79 Å². The molecule has 0 radical (unpaired) electrons. The van der Waals surface area contributed by atoms with Crippen molar-refractivity contribution < 1.29 is 4.79 Å². The van der Waals surface area contributed by atoms with Gasteiger partial charge in [0.15, 0.2) is 0 Å². The van der Waals surface area contributed by atoms with Crippen molar-refractivity contribution in [1.82, 2.24) is 4.98 Å². The maximum atomic E-state index is 12.1. The summed E-state index contributed by atoms with van der Waals surface area (Å²) < 4.78 is 0. The van der Waals surface area contributed by atoms with Crippen molar-refractivity contribution in [2.45, 2.75) is 31.7 Å². The van der Waals surface area contributed by atoms with Crippen molar-refractivity contribution in [3.8, 4) is 0 Å². The highest BCUT2D eigenvalue weighted by Gasteiger charge is 2.25. The number of hydrogen-bond donors (Lipinski definition) is 2. The molecule has 0 aromatic carbocycles. The summed E-state index contributed by atoms with van der Waals surface area (Å²) in [4.78, 5) is 18.3. The second kappa shape index (κ2) is 6.02. The van der Waals surface area contributed by atoms with Crippen LogP contribution in [0.1, 0.15) is 25.7 Å². The van der Waals surface area contributed by atoms with E-state index < -0.39 is 0 Å². The summed E-state index contributed by atoms with van der Waals surface area (Å²) in [5.74, 6) is 0.675. The van der Waals surface area contributed by atoms with E-state index in [-0.39, 0.29) is 17.9 Å². The number of amides is 1. The SMILES string of the molecule is CN(C)c1ccc(NC(=O)C2CCCC(N)C2)nc1. The van der Waals surface area contributed by atoms with Crippen LogP contribution in [0.5, 0.6) is 0 Å². The van der Waals surface area contributed by atoms with E-state index in [0.717, 1.165) is 31.4 Å². The fraction of sp³-hybridized carbons (Fsp3) is 0.571. The van der Waals surface area contributed by atoms with Crippen molar-refractivity contribution in [1.29, 1.82) is 0 Å². The van der Waals surface area contributed by atoms with Crippen LogP contribution in [0.25, 0.3) is 0 Å². The highest BCUT2D eigenvalue weighted by atomic mass is 16.1. The number of carbonyl (C=O) groups excluding carboxylic acids is 1. The zero-order chi connectivity index (χ0) is 13.8. The first-order valence-electron chi connectivity index (χ1n) is 6.76. The summed E-state index contributed by atoms with van der Waals surface area (Å²) in [7, 11) is 3.91. The molecule has 1 aliphatic rings. The Balaban J connectivity index is 1.94. The minimum Gasteiger partial charge on any atom is -0.376 e. The summed E-state index contributed by atoms with van der Waals surface area (Å²) in [6.45, 7) is 0. The number of nitrogens with one attached hydrogen (secondary N) is 1. The molecule has 0 aliphatic heterocycles. The van der Waals surface area contributed by atoms with Crippen LogP contribution >= 0.6 is 0 Å². The number of hydrogen-bond acceptors (Lipinski definition) is 4. The van der Waals surface area contributed by atoms with Gasteiger partial charge in [-0.25, -0.2) is 4.98 Å². The van der Waals surface area contributed by atoms with Crippen LogP contribution in [0.3, 0.4) is 0 Å². The molecule has 1 heterocycles. The van der Waals surface area contributed by atoms with Crippen LogP contribution in [-0.2, 0) is 4.79 Å². The molecule has 0 spiro atoms. The molecular weight excluding hydrogens is 240 g/mol. The second-order valence-electron chi connectivity index (χ2n) is 5.41. The van der Waals surface area contributed by atoms with E-state index in [2.05, 4.69) is 10.3 Å². The van der Waals surface area contributed by atoms with Crippen LogP contribution in [-0.4, -0.2) is 31.0 Å². The molecule has 0 saturated heterocycles. The van der Waals surface area contributed by atoms with Crippen LogP contribution in [0.4, 0.5) is 11.5 Å². The molecule has 5 heteroatoms. The van der Waals surface area contributed by atoms with Crippen molar-refractivity contribution in [2.24, 2.45) is 11.7 Å². The smallest absolute Gasteiger partial charge is 0.228 e. The van der Waals surface area contributed by atoms with Gasteiger partial charge in [-0.1, -0.05) is 6.42 Å². The summed E-state index contributed by atoms with van der Waals surface area (Å²) in [6, 6.07) is 3.93. The van der Waals surface area contributed by atoms with Crippen molar-refractivity contribution in [3.05, 3.63) is 18.3 Å². The zero-order valence-corrected chi connectivity index (χ0v) is 11.6. The van der Waals surface area contributed by atoms with Crippen molar-refractivity contribution >= 4 is 17.4 Å². The van der Waals surface area contributed by atoms with E-state index in [1.54, 1.807) is 6.20 Å². The largest absolute Gasteiger partial charge is 0.376 e. The first-order valence-corrected chi connectivity index (χ1v) is 6.76. The maximum Gasteiger partial charge on any atom is 0.228 e. The number of pyridine rings is 1. The van der Waals surface area contributed by atoms with Crippen LogP contribution in [0, 0.1) is 5.92 Å². The molecule has 1 fully saturated rings. The first kappa shape index (κ1) is 13.8. The average molecular weight is 262 g/mol. The van der Waals surface area contributed by atoms with Gasteiger partial charge in [0.05, 0.1) is 11.9 Å².